The maximum absolute atomic E-state index is 12.0. The fourth-order valence-electron chi connectivity index (χ4n) is 2.53. The van der Waals surface area contributed by atoms with E-state index in [1.165, 1.54) is 0 Å². The van der Waals surface area contributed by atoms with Gasteiger partial charge >= 0.3 is 0 Å². The van der Waals surface area contributed by atoms with E-state index in [0.29, 0.717) is 0 Å². The lowest BCUT2D eigenvalue weighted by molar-refractivity contribution is -0.129. The molecule has 0 saturated carbocycles. The molecule has 0 bridgehead atoms. The SMILES string of the molecule is CNC1CCN(CCc2ccc(OC)c(OC)c2)C1=O. The topological polar surface area (TPSA) is 50.8 Å². The van der Waals surface area contributed by atoms with Crippen molar-refractivity contribution in [3.05, 3.63) is 23.8 Å². The van der Waals surface area contributed by atoms with Gasteiger partial charge in [0.1, 0.15) is 0 Å². The Morgan fingerprint density at radius 2 is 2.05 bits per heavy atom. The van der Waals surface area contributed by atoms with Crippen LogP contribution in [-0.2, 0) is 11.2 Å². The predicted molar refractivity (Wildman–Crippen MR) is 77.3 cm³/mol. The summed E-state index contributed by atoms with van der Waals surface area (Å²) in [5.74, 6) is 1.66. The number of likely N-dealkylation sites (N-methyl/N-ethyl adjacent to an activating group) is 1. The van der Waals surface area contributed by atoms with Crippen LogP contribution in [0.4, 0.5) is 0 Å². The van der Waals surface area contributed by atoms with Gasteiger partial charge in [-0.25, -0.2) is 0 Å². The Balaban J connectivity index is 1.96. The highest BCUT2D eigenvalue weighted by molar-refractivity contribution is 5.83. The summed E-state index contributed by atoms with van der Waals surface area (Å²) in [6, 6.07) is 5.86. The fraction of sp³-hybridized carbons (Fsp3) is 0.533. The maximum atomic E-state index is 12.0. The number of carbonyl (C=O) groups excluding carboxylic acids is 1. The third kappa shape index (κ3) is 3.04. The van der Waals surface area contributed by atoms with Crippen LogP contribution in [0.3, 0.4) is 0 Å². The molecule has 0 radical (unpaired) electrons. The molecule has 110 valence electrons. The Morgan fingerprint density at radius 1 is 1.30 bits per heavy atom. The Bertz CT molecular complexity index is 476. The first-order valence-corrected chi connectivity index (χ1v) is 6.86. The van der Waals surface area contributed by atoms with Gasteiger partial charge in [-0.05, 0) is 37.6 Å². The van der Waals surface area contributed by atoms with Crippen molar-refractivity contribution in [3.8, 4) is 11.5 Å². The van der Waals surface area contributed by atoms with Gasteiger partial charge in [0, 0.05) is 13.1 Å². The van der Waals surface area contributed by atoms with Gasteiger partial charge in [-0.1, -0.05) is 6.07 Å². The van der Waals surface area contributed by atoms with Crippen LogP contribution >= 0.6 is 0 Å². The van der Waals surface area contributed by atoms with Crippen molar-refractivity contribution in [3.63, 3.8) is 0 Å². The molecule has 1 atom stereocenters. The smallest absolute Gasteiger partial charge is 0.239 e. The van der Waals surface area contributed by atoms with Crippen LogP contribution in [-0.4, -0.2) is 51.2 Å². The lowest BCUT2D eigenvalue weighted by Crippen LogP contribution is -2.37. The summed E-state index contributed by atoms with van der Waals surface area (Å²) < 4.78 is 10.5. The lowest BCUT2D eigenvalue weighted by Gasteiger charge is -2.17. The zero-order valence-electron chi connectivity index (χ0n) is 12.3. The average molecular weight is 278 g/mol. The Kier molecular flexibility index (Phi) is 4.84. The predicted octanol–water partition coefficient (Wildman–Crippen LogP) is 1.07. The molecule has 1 unspecified atom stereocenters. The third-order valence-corrected chi connectivity index (χ3v) is 3.76. The number of carbonyl (C=O) groups is 1. The molecule has 1 aromatic rings. The van der Waals surface area contributed by atoms with Crippen molar-refractivity contribution in [1.29, 1.82) is 0 Å². The zero-order valence-corrected chi connectivity index (χ0v) is 12.3. The van der Waals surface area contributed by atoms with E-state index >= 15 is 0 Å². The highest BCUT2D eigenvalue weighted by atomic mass is 16.5. The molecule has 0 aliphatic carbocycles. The number of rotatable bonds is 6. The number of likely N-dealkylation sites (tertiary alicyclic amines) is 1. The molecule has 0 aromatic heterocycles. The van der Waals surface area contributed by atoms with E-state index < -0.39 is 0 Å². The Labute approximate surface area is 119 Å². The standard InChI is InChI=1S/C15H22N2O3/c1-16-12-7-9-17(15(12)18)8-6-11-4-5-13(19-2)14(10-11)20-3/h4-5,10,12,16H,6-9H2,1-3H3. The summed E-state index contributed by atoms with van der Waals surface area (Å²) >= 11 is 0. The van der Waals surface area contributed by atoms with E-state index in [1.54, 1.807) is 14.2 Å². The number of amides is 1. The first-order valence-electron chi connectivity index (χ1n) is 6.86. The summed E-state index contributed by atoms with van der Waals surface area (Å²) in [5.41, 5.74) is 1.14. The van der Waals surface area contributed by atoms with Crippen molar-refractivity contribution in [2.24, 2.45) is 0 Å². The van der Waals surface area contributed by atoms with Gasteiger partial charge in [-0.15, -0.1) is 0 Å². The van der Waals surface area contributed by atoms with Gasteiger partial charge in [0.05, 0.1) is 20.3 Å². The highest BCUT2D eigenvalue weighted by Crippen LogP contribution is 2.27. The lowest BCUT2D eigenvalue weighted by atomic mass is 10.1. The van der Waals surface area contributed by atoms with Gasteiger partial charge in [-0.2, -0.15) is 0 Å². The molecule has 1 fully saturated rings. The summed E-state index contributed by atoms with van der Waals surface area (Å²) in [4.78, 5) is 13.9. The molecule has 1 aliphatic heterocycles. The molecule has 0 spiro atoms. The van der Waals surface area contributed by atoms with E-state index in [2.05, 4.69) is 5.32 Å². The first-order chi connectivity index (χ1) is 9.69. The van der Waals surface area contributed by atoms with E-state index in [-0.39, 0.29) is 11.9 Å². The average Bonchev–Trinajstić information content (AvgIpc) is 2.85. The van der Waals surface area contributed by atoms with Crippen molar-refractivity contribution < 1.29 is 14.3 Å². The van der Waals surface area contributed by atoms with Crippen LogP contribution in [0.1, 0.15) is 12.0 Å². The second kappa shape index (κ2) is 6.61. The van der Waals surface area contributed by atoms with Crippen LogP contribution in [0.15, 0.2) is 18.2 Å². The molecule has 1 aromatic carbocycles. The van der Waals surface area contributed by atoms with Crippen molar-refractivity contribution >= 4 is 5.91 Å². The molecule has 2 rings (SSSR count). The van der Waals surface area contributed by atoms with Gasteiger partial charge in [-0.3, -0.25) is 4.79 Å². The molecular weight excluding hydrogens is 256 g/mol. The van der Waals surface area contributed by atoms with Crippen LogP contribution < -0.4 is 14.8 Å². The summed E-state index contributed by atoms with van der Waals surface area (Å²) in [5, 5.41) is 3.05. The summed E-state index contributed by atoms with van der Waals surface area (Å²) in [6.07, 6.45) is 1.71. The Hall–Kier alpha value is -1.75. The highest BCUT2D eigenvalue weighted by Gasteiger charge is 2.29. The molecule has 5 heteroatoms. The van der Waals surface area contributed by atoms with Crippen LogP contribution in [0.25, 0.3) is 0 Å². The molecule has 5 nitrogen and oxygen atoms in total. The van der Waals surface area contributed by atoms with Gasteiger partial charge in [0.2, 0.25) is 5.91 Å². The minimum atomic E-state index is -0.0135. The molecular formula is C15H22N2O3. The van der Waals surface area contributed by atoms with Crippen molar-refractivity contribution in [1.82, 2.24) is 10.2 Å². The summed E-state index contributed by atoms with van der Waals surface area (Å²) in [6.45, 7) is 1.57. The molecule has 20 heavy (non-hydrogen) atoms. The number of hydrogen-bond acceptors (Lipinski definition) is 4. The monoisotopic (exact) mass is 278 g/mol. The quantitative estimate of drug-likeness (QED) is 0.845. The molecule has 1 aliphatic rings. The van der Waals surface area contributed by atoms with Gasteiger partial charge in [0.25, 0.3) is 0 Å². The zero-order chi connectivity index (χ0) is 14.5. The van der Waals surface area contributed by atoms with Crippen LogP contribution in [0, 0.1) is 0 Å². The molecule has 1 heterocycles. The van der Waals surface area contributed by atoms with E-state index in [0.717, 1.165) is 43.0 Å². The van der Waals surface area contributed by atoms with E-state index in [4.69, 9.17) is 9.47 Å². The normalized spacial score (nSPS) is 18.4. The third-order valence-electron chi connectivity index (χ3n) is 3.76. The second-order valence-corrected chi connectivity index (χ2v) is 4.89. The molecule has 1 amide bonds. The number of benzene rings is 1. The number of nitrogens with zero attached hydrogens (tertiary/aromatic N) is 1. The van der Waals surface area contributed by atoms with E-state index in [1.807, 2.05) is 30.1 Å². The summed E-state index contributed by atoms with van der Waals surface area (Å²) in [7, 11) is 5.09. The first kappa shape index (κ1) is 14.7. The number of methoxy groups -OCH3 is 2. The number of ether oxygens (including phenoxy) is 2. The Morgan fingerprint density at radius 3 is 2.65 bits per heavy atom. The molecule has 1 saturated heterocycles. The fourth-order valence-corrected chi connectivity index (χ4v) is 2.53. The number of nitrogens with one attached hydrogen (secondary N) is 1. The minimum absolute atomic E-state index is 0.0135. The van der Waals surface area contributed by atoms with Crippen molar-refractivity contribution in [2.45, 2.75) is 18.9 Å². The van der Waals surface area contributed by atoms with Gasteiger partial charge in [0.15, 0.2) is 11.5 Å². The minimum Gasteiger partial charge on any atom is -0.493 e. The van der Waals surface area contributed by atoms with Gasteiger partial charge < -0.3 is 19.7 Å². The largest absolute Gasteiger partial charge is 0.493 e. The van der Waals surface area contributed by atoms with Crippen LogP contribution in [0.5, 0.6) is 11.5 Å². The van der Waals surface area contributed by atoms with Crippen molar-refractivity contribution in [2.75, 3.05) is 34.4 Å². The van der Waals surface area contributed by atoms with Crippen LogP contribution in [0.2, 0.25) is 0 Å². The number of hydrogen-bond donors (Lipinski definition) is 1. The maximum Gasteiger partial charge on any atom is 0.239 e. The molecule has 1 N–H and O–H groups in total. The second-order valence-electron chi connectivity index (χ2n) is 4.89. The van der Waals surface area contributed by atoms with E-state index in [9.17, 15) is 4.79 Å².